The van der Waals surface area contributed by atoms with Crippen molar-refractivity contribution in [3.8, 4) is 0 Å². The van der Waals surface area contributed by atoms with Crippen LogP contribution in [0.1, 0.15) is 0 Å². The second-order valence-electron chi connectivity index (χ2n) is 2.27. The summed E-state index contributed by atoms with van der Waals surface area (Å²) in [6, 6.07) is 5.02. The quantitative estimate of drug-likeness (QED) is 0.802. The maximum absolute atomic E-state index is 11.8. The van der Waals surface area contributed by atoms with E-state index in [1.165, 1.54) is 0 Å². The van der Waals surface area contributed by atoms with Gasteiger partial charge in [-0.05, 0) is 18.2 Å². The molecule has 4 heteroatoms. The lowest BCUT2D eigenvalue weighted by molar-refractivity contribution is 0.513. The molecular formula is C8H8Cl2FN. The Kier molecular flexibility index (Phi) is 3.63. The molecular weight excluding hydrogens is 200 g/mol. The molecule has 0 aliphatic carbocycles. The summed E-state index contributed by atoms with van der Waals surface area (Å²) in [4.78, 5) is 0. The normalized spacial score (nSPS) is 9.92. The van der Waals surface area contributed by atoms with E-state index in [1.54, 1.807) is 18.2 Å². The summed E-state index contributed by atoms with van der Waals surface area (Å²) < 4.78 is 11.8. The zero-order valence-corrected chi connectivity index (χ0v) is 7.79. The van der Waals surface area contributed by atoms with E-state index < -0.39 is 6.67 Å². The maximum atomic E-state index is 11.8. The van der Waals surface area contributed by atoms with Gasteiger partial charge in [0, 0.05) is 22.3 Å². The molecule has 0 heterocycles. The predicted molar refractivity (Wildman–Crippen MR) is 50.9 cm³/mol. The number of rotatable bonds is 3. The molecule has 12 heavy (non-hydrogen) atoms. The molecule has 0 aliphatic rings. The van der Waals surface area contributed by atoms with Gasteiger partial charge in [-0.25, -0.2) is 4.39 Å². The average molecular weight is 208 g/mol. The van der Waals surface area contributed by atoms with Crippen LogP contribution in [0.5, 0.6) is 0 Å². The first kappa shape index (κ1) is 9.62. The maximum Gasteiger partial charge on any atom is 0.107 e. The second-order valence-corrected chi connectivity index (χ2v) is 3.15. The molecule has 0 atom stereocenters. The summed E-state index contributed by atoms with van der Waals surface area (Å²) >= 11 is 11.4. The van der Waals surface area contributed by atoms with Crippen LogP contribution in [0.15, 0.2) is 18.2 Å². The number of halogens is 3. The van der Waals surface area contributed by atoms with Crippen molar-refractivity contribution in [1.82, 2.24) is 0 Å². The molecule has 1 N–H and O–H groups in total. The Morgan fingerprint density at radius 3 is 2.25 bits per heavy atom. The van der Waals surface area contributed by atoms with Gasteiger partial charge in [0.2, 0.25) is 0 Å². The molecule has 0 fully saturated rings. The van der Waals surface area contributed by atoms with Crippen molar-refractivity contribution < 1.29 is 4.39 Å². The van der Waals surface area contributed by atoms with Crippen LogP contribution >= 0.6 is 23.2 Å². The molecule has 0 bridgehead atoms. The number of hydrogen-bond donors (Lipinski definition) is 1. The Labute approximate surface area is 80.5 Å². The Hall–Kier alpha value is -0.470. The van der Waals surface area contributed by atoms with E-state index in [-0.39, 0.29) is 6.54 Å². The van der Waals surface area contributed by atoms with Gasteiger partial charge in [0.05, 0.1) is 0 Å². The van der Waals surface area contributed by atoms with Crippen molar-refractivity contribution in [1.29, 1.82) is 0 Å². The van der Waals surface area contributed by atoms with Crippen molar-refractivity contribution in [3.05, 3.63) is 28.2 Å². The third-order valence-corrected chi connectivity index (χ3v) is 1.72. The van der Waals surface area contributed by atoms with Crippen LogP contribution in [0.4, 0.5) is 10.1 Å². The van der Waals surface area contributed by atoms with Crippen LogP contribution < -0.4 is 5.32 Å². The Balaban J connectivity index is 2.72. The van der Waals surface area contributed by atoms with Gasteiger partial charge in [0.25, 0.3) is 0 Å². The number of anilines is 1. The highest BCUT2D eigenvalue weighted by molar-refractivity contribution is 6.35. The molecule has 1 nitrogen and oxygen atoms in total. The molecule has 0 aliphatic heterocycles. The molecule has 0 spiro atoms. The zero-order valence-electron chi connectivity index (χ0n) is 6.28. The predicted octanol–water partition coefficient (Wildman–Crippen LogP) is 3.37. The average Bonchev–Trinajstić information content (AvgIpc) is 1.99. The standard InChI is InChI=1S/C8H8Cl2FN/c9-6-3-7(10)5-8(4-6)12-2-1-11/h3-5,12H,1-2H2. The van der Waals surface area contributed by atoms with Crippen molar-refractivity contribution in [2.45, 2.75) is 0 Å². The van der Waals surface area contributed by atoms with Gasteiger partial charge < -0.3 is 5.32 Å². The largest absolute Gasteiger partial charge is 0.382 e. The first-order valence-corrected chi connectivity index (χ1v) is 4.24. The third-order valence-electron chi connectivity index (χ3n) is 1.29. The molecule has 0 saturated heterocycles. The first-order valence-electron chi connectivity index (χ1n) is 3.48. The summed E-state index contributed by atoms with van der Waals surface area (Å²) in [5.41, 5.74) is 0.741. The lowest BCUT2D eigenvalue weighted by Gasteiger charge is -2.04. The summed E-state index contributed by atoms with van der Waals surface area (Å²) in [6.07, 6.45) is 0. The Morgan fingerprint density at radius 1 is 1.17 bits per heavy atom. The highest BCUT2D eigenvalue weighted by Crippen LogP contribution is 2.22. The molecule has 1 aromatic carbocycles. The number of benzene rings is 1. The van der Waals surface area contributed by atoms with E-state index in [2.05, 4.69) is 5.32 Å². The Bertz CT molecular complexity index is 245. The molecule has 66 valence electrons. The number of nitrogens with one attached hydrogen (secondary N) is 1. The summed E-state index contributed by atoms with van der Waals surface area (Å²) in [5, 5.41) is 3.92. The Morgan fingerprint density at radius 2 is 1.75 bits per heavy atom. The van der Waals surface area contributed by atoms with Crippen LogP contribution in [0.25, 0.3) is 0 Å². The highest BCUT2D eigenvalue weighted by Gasteiger charge is 1.96. The van der Waals surface area contributed by atoms with E-state index in [0.29, 0.717) is 10.0 Å². The van der Waals surface area contributed by atoms with Crippen molar-refractivity contribution in [2.24, 2.45) is 0 Å². The molecule has 1 aromatic rings. The van der Waals surface area contributed by atoms with Gasteiger partial charge >= 0.3 is 0 Å². The van der Waals surface area contributed by atoms with Crippen LogP contribution in [-0.2, 0) is 0 Å². The zero-order chi connectivity index (χ0) is 8.97. The van der Waals surface area contributed by atoms with E-state index >= 15 is 0 Å². The SMILES string of the molecule is FCCNc1cc(Cl)cc(Cl)c1. The van der Waals surface area contributed by atoms with E-state index in [9.17, 15) is 4.39 Å². The fourth-order valence-electron chi connectivity index (χ4n) is 0.847. The lowest BCUT2D eigenvalue weighted by atomic mass is 10.3. The molecule has 0 aromatic heterocycles. The first-order chi connectivity index (χ1) is 5.72. The molecule has 0 unspecified atom stereocenters. The van der Waals surface area contributed by atoms with Crippen molar-refractivity contribution >= 4 is 28.9 Å². The topological polar surface area (TPSA) is 12.0 Å². The van der Waals surface area contributed by atoms with Crippen LogP contribution in [0.2, 0.25) is 10.0 Å². The molecule has 0 amide bonds. The minimum Gasteiger partial charge on any atom is -0.382 e. The van der Waals surface area contributed by atoms with Crippen LogP contribution in [-0.4, -0.2) is 13.2 Å². The molecule has 1 rings (SSSR count). The van der Waals surface area contributed by atoms with Gasteiger partial charge in [-0.3, -0.25) is 0 Å². The molecule has 0 saturated carbocycles. The van der Waals surface area contributed by atoms with Crippen LogP contribution in [0, 0.1) is 0 Å². The molecule has 0 radical (unpaired) electrons. The smallest absolute Gasteiger partial charge is 0.107 e. The van der Waals surface area contributed by atoms with Gasteiger partial charge in [-0.1, -0.05) is 23.2 Å². The van der Waals surface area contributed by atoms with E-state index in [1.807, 2.05) is 0 Å². The van der Waals surface area contributed by atoms with Gasteiger partial charge in [0.1, 0.15) is 6.67 Å². The summed E-state index contributed by atoms with van der Waals surface area (Å²) in [7, 11) is 0. The van der Waals surface area contributed by atoms with Gasteiger partial charge in [0.15, 0.2) is 0 Å². The summed E-state index contributed by atoms with van der Waals surface area (Å²) in [5.74, 6) is 0. The number of alkyl halides is 1. The lowest BCUT2D eigenvalue weighted by Crippen LogP contribution is -2.02. The fourth-order valence-corrected chi connectivity index (χ4v) is 1.37. The van der Waals surface area contributed by atoms with Crippen molar-refractivity contribution in [3.63, 3.8) is 0 Å². The minimum atomic E-state index is -0.413. The highest BCUT2D eigenvalue weighted by atomic mass is 35.5. The second kappa shape index (κ2) is 4.53. The van der Waals surface area contributed by atoms with Crippen molar-refractivity contribution in [2.75, 3.05) is 18.5 Å². The minimum absolute atomic E-state index is 0.274. The number of hydrogen-bond acceptors (Lipinski definition) is 1. The van der Waals surface area contributed by atoms with E-state index in [0.717, 1.165) is 5.69 Å². The van der Waals surface area contributed by atoms with Gasteiger partial charge in [-0.2, -0.15) is 0 Å². The van der Waals surface area contributed by atoms with E-state index in [4.69, 9.17) is 23.2 Å². The monoisotopic (exact) mass is 207 g/mol. The summed E-state index contributed by atoms with van der Waals surface area (Å²) in [6.45, 7) is -0.138. The fraction of sp³-hybridized carbons (Fsp3) is 0.250. The van der Waals surface area contributed by atoms with Gasteiger partial charge in [-0.15, -0.1) is 0 Å². The van der Waals surface area contributed by atoms with Crippen LogP contribution in [0.3, 0.4) is 0 Å². The third kappa shape index (κ3) is 2.88.